The van der Waals surface area contributed by atoms with Crippen LogP contribution in [0.1, 0.15) is 22.3 Å². The van der Waals surface area contributed by atoms with Crippen LogP contribution >= 0.6 is 0 Å². The molecule has 1 fully saturated rings. The fraction of sp³-hybridized carbons (Fsp3) is 0.385. The maximum Gasteiger partial charge on any atom is 0.265 e. The summed E-state index contributed by atoms with van der Waals surface area (Å²) in [5, 5.41) is 0. The predicted octanol–water partition coefficient (Wildman–Crippen LogP) is -0.403. The quantitative estimate of drug-likeness (QED) is 0.390. The lowest BCUT2D eigenvalue weighted by molar-refractivity contribution is -0.121. The average molecular weight is 262 g/mol. The number of amides is 2. The van der Waals surface area contributed by atoms with Crippen molar-refractivity contribution in [2.45, 2.75) is 13.0 Å². The minimum atomic E-state index is -0.304. The molecule has 0 spiro atoms. The van der Waals surface area contributed by atoms with Crippen LogP contribution in [0.5, 0.6) is 0 Å². The highest BCUT2D eigenvalue weighted by atomic mass is 16.2. The Morgan fingerprint density at radius 3 is 2.53 bits per heavy atom. The number of benzene rings is 1. The van der Waals surface area contributed by atoms with Crippen LogP contribution in [0, 0.1) is 5.92 Å². The molecule has 6 heteroatoms. The molecule has 1 aromatic carbocycles. The van der Waals surface area contributed by atoms with E-state index in [0.29, 0.717) is 12.1 Å². The van der Waals surface area contributed by atoms with Crippen LogP contribution in [-0.4, -0.2) is 29.8 Å². The van der Waals surface area contributed by atoms with Gasteiger partial charge >= 0.3 is 0 Å². The third-order valence-electron chi connectivity index (χ3n) is 3.43. The van der Waals surface area contributed by atoms with Crippen molar-refractivity contribution in [2.24, 2.45) is 17.5 Å². The molecule has 2 amide bonds. The molecule has 102 valence electrons. The van der Waals surface area contributed by atoms with E-state index in [0.717, 1.165) is 25.1 Å². The van der Waals surface area contributed by atoms with Crippen molar-refractivity contribution >= 4 is 11.8 Å². The monoisotopic (exact) mass is 262 g/mol. The van der Waals surface area contributed by atoms with Gasteiger partial charge in [0, 0.05) is 18.7 Å². The molecule has 1 atom stereocenters. The minimum absolute atomic E-state index is 0.0395. The van der Waals surface area contributed by atoms with Crippen molar-refractivity contribution in [1.82, 2.24) is 10.3 Å². The van der Waals surface area contributed by atoms with Gasteiger partial charge in [-0.05, 0) is 30.7 Å². The molecule has 0 radical (unpaired) electrons. The Bertz CT molecular complexity index is 472. The summed E-state index contributed by atoms with van der Waals surface area (Å²) in [7, 11) is 0. The molecule has 0 aliphatic carbocycles. The smallest absolute Gasteiger partial charge is 0.265 e. The van der Waals surface area contributed by atoms with E-state index in [1.165, 1.54) is 0 Å². The molecule has 1 aliphatic heterocycles. The number of likely N-dealkylation sites (tertiary alicyclic amines) is 1. The maximum absolute atomic E-state index is 11.3. The highest BCUT2D eigenvalue weighted by molar-refractivity contribution is 5.93. The van der Waals surface area contributed by atoms with Gasteiger partial charge < -0.3 is 5.73 Å². The predicted molar refractivity (Wildman–Crippen MR) is 70.7 cm³/mol. The lowest BCUT2D eigenvalue weighted by Crippen LogP contribution is -2.30. The van der Waals surface area contributed by atoms with E-state index in [2.05, 4.69) is 10.3 Å². The fourth-order valence-electron chi connectivity index (χ4n) is 2.31. The number of carbonyl (C=O) groups is 2. The molecule has 1 saturated heterocycles. The summed E-state index contributed by atoms with van der Waals surface area (Å²) in [6, 6.07) is 7.25. The first-order valence-corrected chi connectivity index (χ1v) is 6.21. The van der Waals surface area contributed by atoms with Gasteiger partial charge in [-0.15, -0.1) is 0 Å². The highest BCUT2D eigenvalue weighted by Crippen LogP contribution is 2.18. The second kappa shape index (κ2) is 5.81. The summed E-state index contributed by atoms with van der Waals surface area (Å²) >= 11 is 0. The van der Waals surface area contributed by atoms with E-state index in [1.54, 1.807) is 12.1 Å². The number of nitrogens with two attached hydrogens (primary N) is 2. The summed E-state index contributed by atoms with van der Waals surface area (Å²) in [5.74, 6) is 4.50. The normalized spacial score (nSPS) is 19.3. The topological polar surface area (TPSA) is 101 Å². The first-order chi connectivity index (χ1) is 9.10. The fourth-order valence-corrected chi connectivity index (χ4v) is 2.31. The lowest BCUT2D eigenvalue weighted by atomic mass is 10.1. The van der Waals surface area contributed by atoms with Crippen molar-refractivity contribution < 1.29 is 9.59 Å². The van der Waals surface area contributed by atoms with Crippen LogP contribution in [0.15, 0.2) is 24.3 Å². The van der Waals surface area contributed by atoms with Gasteiger partial charge in [0.1, 0.15) is 0 Å². The van der Waals surface area contributed by atoms with Crippen LogP contribution in [-0.2, 0) is 11.3 Å². The maximum atomic E-state index is 11.3. The lowest BCUT2D eigenvalue weighted by Gasteiger charge is -2.15. The number of nitrogens with zero attached hydrogens (tertiary/aromatic N) is 1. The van der Waals surface area contributed by atoms with Crippen molar-refractivity contribution in [3.05, 3.63) is 35.4 Å². The van der Waals surface area contributed by atoms with Crippen molar-refractivity contribution in [3.63, 3.8) is 0 Å². The SMILES string of the molecule is NNC(=O)c1ccc(CN2CCC(C(N)=O)C2)cc1. The van der Waals surface area contributed by atoms with Crippen molar-refractivity contribution in [3.8, 4) is 0 Å². The zero-order chi connectivity index (χ0) is 13.8. The molecule has 2 rings (SSSR count). The molecule has 0 saturated carbocycles. The van der Waals surface area contributed by atoms with E-state index >= 15 is 0 Å². The van der Waals surface area contributed by atoms with Gasteiger partial charge in [0.05, 0.1) is 5.92 Å². The third kappa shape index (κ3) is 3.30. The Balaban J connectivity index is 1.93. The van der Waals surface area contributed by atoms with Crippen LogP contribution in [0.2, 0.25) is 0 Å². The summed E-state index contributed by atoms with van der Waals surface area (Å²) in [5.41, 5.74) is 9.02. The van der Waals surface area contributed by atoms with Crippen LogP contribution in [0.3, 0.4) is 0 Å². The van der Waals surface area contributed by atoms with Gasteiger partial charge in [0.2, 0.25) is 5.91 Å². The highest BCUT2D eigenvalue weighted by Gasteiger charge is 2.26. The van der Waals surface area contributed by atoms with E-state index in [-0.39, 0.29) is 17.7 Å². The van der Waals surface area contributed by atoms with Crippen molar-refractivity contribution in [2.75, 3.05) is 13.1 Å². The Hall–Kier alpha value is -1.92. The first kappa shape index (κ1) is 13.5. The standard InChI is InChI=1S/C13H18N4O2/c14-12(18)11-5-6-17(8-11)7-9-1-3-10(4-2-9)13(19)16-15/h1-4,11H,5-8,15H2,(H2,14,18)(H,16,19). The average Bonchev–Trinajstić information content (AvgIpc) is 2.87. The number of hydrazine groups is 1. The van der Waals surface area contributed by atoms with Gasteiger partial charge in [-0.25, -0.2) is 5.84 Å². The minimum Gasteiger partial charge on any atom is -0.369 e. The van der Waals surface area contributed by atoms with Crippen LogP contribution < -0.4 is 17.0 Å². The molecule has 5 N–H and O–H groups in total. The molecule has 1 heterocycles. The molecule has 1 aliphatic rings. The summed E-state index contributed by atoms with van der Waals surface area (Å²) < 4.78 is 0. The number of rotatable bonds is 4. The summed E-state index contributed by atoms with van der Waals surface area (Å²) in [6.07, 6.45) is 0.822. The van der Waals surface area contributed by atoms with Gasteiger partial charge in [0.25, 0.3) is 5.91 Å². The van der Waals surface area contributed by atoms with Crippen molar-refractivity contribution in [1.29, 1.82) is 0 Å². The Morgan fingerprint density at radius 2 is 2.00 bits per heavy atom. The number of primary amides is 1. The Labute approximate surface area is 111 Å². The number of nitrogen functional groups attached to an aromatic ring is 1. The van der Waals surface area contributed by atoms with Gasteiger partial charge in [-0.3, -0.25) is 19.9 Å². The van der Waals surface area contributed by atoms with Gasteiger partial charge in [0.15, 0.2) is 0 Å². The van der Waals surface area contributed by atoms with E-state index in [4.69, 9.17) is 11.6 Å². The molecule has 0 bridgehead atoms. The molecular formula is C13H18N4O2. The van der Waals surface area contributed by atoms with E-state index in [9.17, 15) is 9.59 Å². The molecule has 0 aromatic heterocycles. The number of nitrogens with one attached hydrogen (secondary N) is 1. The first-order valence-electron chi connectivity index (χ1n) is 6.21. The summed E-state index contributed by atoms with van der Waals surface area (Å²) in [4.78, 5) is 24.6. The third-order valence-corrected chi connectivity index (χ3v) is 3.43. The summed E-state index contributed by atoms with van der Waals surface area (Å²) in [6.45, 7) is 2.34. The molecule has 19 heavy (non-hydrogen) atoms. The molecule has 1 aromatic rings. The van der Waals surface area contributed by atoms with Crippen LogP contribution in [0.25, 0.3) is 0 Å². The van der Waals surface area contributed by atoms with Crippen LogP contribution in [0.4, 0.5) is 0 Å². The second-order valence-corrected chi connectivity index (χ2v) is 4.79. The molecular weight excluding hydrogens is 244 g/mol. The molecule has 6 nitrogen and oxygen atoms in total. The zero-order valence-electron chi connectivity index (χ0n) is 10.6. The molecule has 1 unspecified atom stereocenters. The Morgan fingerprint density at radius 1 is 1.32 bits per heavy atom. The zero-order valence-corrected chi connectivity index (χ0v) is 10.6. The van der Waals surface area contributed by atoms with E-state index < -0.39 is 0 Å². The number of hydrogen-bond donors (Lipinski definition) is 3. The Kier molecular flexibility index (Phi) is 4.13. The largest absolute Gasteiger partial charge is 0.369 e. The van der Waals surface area contributed by atoms with E-state index in [1.807, 2.05) is 12.1 Å². The van der Waals surface area contributed by atoms with Gasteiger partial charge in [-0.2, -0.15) is 0 Å². The number of carbonyl (C=O) groups excluding carboxylic acids is 2. The van der Waals surface area contributed by atoms with Gasteiger partial charge in [-0.1, -0.05) is 12.1 Å². The second-order valence-electron chi connectivity index (χ2n) is 4.79. The number of hydrogen-bond acceptors (Lipinski definition) is 4.